The van der Waals surface area contributed by atoms with Gasteiger partial charge in [0.25, 0.3) is 0 Å². The van der Waals surface area contributed by atoms with E-state index in [-0.39, 0.29) is 6.42 Å². The van der Waals surface area contributed by atoms with Crippen LogP contribution in [0.5, 0.6) is 0 Å². The normalized spacial score (nSPS) is 9.00. The van der Waals surface area contributed by atoms with Gasteiger partial charge in [-0.1, -0.05) is 6.07 Å². The van der Waals surface area contributed by atoms with Crippen LogP contribution < -0.4 is 0 Å². The summed E-state index contributed by atoms with van der Waals surface area (Å²) in [4.78, 5) is 22.1. The van der Waals surface area contributed by atoms with Crippen molar-refractivity contribution in [3.63, 3.8) is 0 Å². The summed E-state index contributed by atoms with van der Waals surface area (Å²) in [5.41, 5.74) is 0.349. The van der Waals surface area contributed by atoms with Crippen LogP contribution >= 0.6 is 11.3 Å². The first kappa shape index (κ1) is 9.71. The van der Waals surface area contributed by atoms with Crippen molar-refractivity contribution in [2.24, 2.45) is 0 Å². The van der Waals surface area contributed by atoms with E-state index >= 15 is 0 Å². The molecule has 4 heteroatoms. The van der Waals surface area contributed by atoms with E-state index in [0.29, 0.717) is 5.57 Å². The molecular weight excluding hydrogens is 188 g/mol. The molecule has 0 radical (unpaired) electrons. The largest absolute Gasteiger partial charge is 0.469 e. The average molecular weight is 196 g/mol. The summed E-state index contributed by atoms with van der Waals surface area (Å²) in [7, 11) is 1.29. The molecule has 0 saturated carbocycles. The number of carbonyl (C=O) groups excluding carboxylic acids is 2. The summed E-state index contributed by atoms with van der Waals surface area (Å²) in [5.74, 6) is 1.32. The lowest BCUT2D eigenvalue weighted by Crippen LogP contribution is -2.00. The Morgan fingerprint density at radius 1 is 1.69 bits per heavy atom. The van der Waals surface area contributed by atoms with E-state index in [0.717, 1.165) is 4.88 Å². The van der Waals surface area contributed by atoms with E-state index < -0.39 is 5.97 Å². The molecule has 0 N–H and O–H groups in total. The van der Waals surface area contributed by atoms with Crippen molar-refractivity contribution in [1.29, 1.82) is 0 Å². The van der Waals surface area contributed by atoms with Gasteiger partial charge in [0.05, 0.1) is 19.1 Å². The molecule has 1 aromatic heterocycles. The predicted octanol–water partition coefficient (Wildman–Crippen LogP) is 1.53. The topological polar surface area (TPSA) is 43.4 Å². The minimum absolute atomic E-state index is 0.0134. The van der Waals surface area contributed by atoms with Crippen LogP contribution in [0.3, 0.4) is 0 Å². The van der Waals surface area contributed by atoms with E-state index in [1.807, 2.05) is 11.4 Å². The lowest BCUT2D eigenvalue weighted by Gasteiger charge is -1.97. The maximum Gasteiger partial charge on any atom is 0.310 e. The Morgan fingerprint density at radius 3 is 2.92 bits per heavy atom. The van der Waals surface area contributed by atoms with E-state index in [2.05, 4.69) is 4.74 Å². The van der Waals surface area contributed by atoms with Crippen molar-refractivity contribution in [2.45, 2.75) is 6.42 Å². The van der Waals surface area contributed by atoms with Crippen molar-refractivity contribution < 1.29 is 14.3 Å². The molecule has 3 nitrogen and oxygen atoms in total. The van der Waals surface area contributed by atoms with Gasteiger partial charge in [-0.05, 0) is 11.4 Å². The predicted molar refractivity (Wildman–Crippen MR) is 50.1 cm³/mol. The molecule has 1 rings (SSSR count). The van der Waals surface area contributed by atoms with Crippen LogP contribution in [0.1, 0.15) is 11.3 Å². The quantitative estimate of drug-likeness (QED) is 0.544. The third-order valence-corrected chi connectivity index (χ3v) is 2.42. The second kappa shape index (κ2) is 4.60. The van der Waals surface area contributed by atoms with Crippen molar-refractivity contribution in [2.75, 3.05) is 7.11 Å². The number of thiophene rings is 1. The van der Waals surface area contributed by atoms with Gasteiger partial charge in [-0.25, -0.2) is 4.79 Å². The molecule has 0 atom stereocenters. The van der Waals surface area contributed by atoms with E-state index in [1.54, 1.807) is 12.0 Å². The van der Waals surface area contributed by atoms with Gasteiger partial charge < -0.3 is 4.74 Å². The first-order valence-electron chi connectivity index (χ1n) is 3.62. The Hall–Kier alpha value is -1.38. The van der Waals surface area contributed by atoms with Gasteiger partial charge in [-0.3, -0.25) is 4.79 Å². The maximum atomic E-state index is 10.9. The minimum atomic E-state index is -0.424. The van der Waals surface area contributed by atoms with Gasteiger partial charge in [-0.15, -0.1) is 11.3 Å². The van der Waals surface area contributed by atoms with Crippen LogP contribution in [0.4, 0.5) is 0 Å². The number of methoxy groups -OCH3 is 1. The number of hydrogen-bond acceptors (Lipinski definition) is 4. The van der Waals surface area contributed by atoms with Crippen molar-refractivity contribution in [3.8, 4) is 0 Å². The molecule has 13 heavy (non-hydrogen) atoms. The summed E-state index contributed by atoms with van der Waals surface area (Å²) in [6.07, 6.45) is -0.0134. The molecule has 0 aliphatic rings. The van der Waals surface area contributed by atoms with Crippen LogP contribution in [0.15, 0.2) is 17.5 Å². The van der Waals surface area contributed by atoms with Gasteiger partial charge in [0.2, 0.25) is 0 Å². The number of rotatable bonds is 3. The smallest absolute Gasteiger partial charge is 0.310 e. The van der Waals surface area contributed by atoms with Crippen molar-refractivity contribution in [3.05, 3.63) is 22.4 Å². The molecule has 0 aromatic carbocycles. The highest BCUT2D eigenvalue weighted by Crippen LogP contribution is 2.20. The maximum absolute atomic E-state index is 10.9. The molecule has 0 fully saturated rings. The summed E-state index contributed by atoms with van der Waals surface area (Å²) in [5, 5.41) is 1.84. The number of esters is 1. The van der Waals surface area contributed by atoms with Crippen LogP contribution in [0, 0.1) is 0 Å². The van der Waals surface area contributed by atoms with Crippen molar-refractivity contribution in [1.82, 2.24) is 0 Å². The first-order chi connectivity index (χ1) is 6.27. The van der Waals surface area contributed by atoms with Gasteiger partial charge in [0, 0.05) is 4.88 Å². The number of ether oxygens (including phenoxy) is 1. The Labute approximate surface area is 79.6 Å². The third-order valence-electron chi connectivity index (χ3n) is 1.49. The SMILES string of the molecule is COC(=O)CC(=C=O)c1cccs1. The second-order valence-corrected chi connectivity index (χ2v) is 3.26. The summed E-state index contributed by atoms with van der Waals surface area (Å²) in [6.45, 7) is 0. The standard InChI is InChI=1S/C9H8O3S/c1-12-9(11)5-7(6-10)8-3-2-4-13-8/h2-4H,5H2,1H3. The monoisotopic (exact) mass is 196 g/mol. The highest BCUT2D eigenvalue weighted by Gasteiger charge is 2.09. The molecule has 1 aromatic rings. The van der Waals surface area contributed by atoms with Gasteiger partial charge in [-0.2, -0.15) is 0 Å². The third kappa shape index (κ3) is 2.54. The molecular formula is C9H8O3S. The highest BCUT2D eigenvalue weighted by molar-refractivity contribution is 7.11. The number of carbonyl (C=O) groups is 1. The Bertz CT molecular complexity index is 334. The fourth-order valence-electron chi connectivity index (χ4n) is 0.840. The molecule has 0 amide bonds. The Balaban J connectivity index is 2.77. The average Bonchev–Trinajstić information content (AvgIpc) is 2.66. The van der Waals surface area contributed by atoms with Crippen molar-refractivity contribution >= 4 is 28.8 Å². The first-order valence-corrected chi connectivity index (χ1v) is 4.50. The molecule has 0 saturated heterocycles. The Kier molecular flexibility index (Phi) is 3.43. The zero-order valence-corrected chi connectivity index (χ0v) is 7.89. The molecule has 0 aliphatic heterocycles. The van der Waals surface area contributed by atoms with Crippen LogP contribution in [-0.4, -0.2) is 19.0 Å². The van der Waals surface area contributed by atoms with E-state index in [1.165, 1.54) is 18.4 Å². The molecule has 0 bridgehead atoms. The van der Waals surface area contributed by atoms with Gasteiger partial charge >= 0.3 is 5.97 Å². The van der Waals surface area contributed by atoms with Gasteiger partial charge in [0.15, 0.2) is 0 Å². The molecule has 1 heterocycles. The van der Waals surface area contributed by atoms with Crippen LogP contribution in [-0.2, 0) is 14.3 Å². The molecule has 0 spiro atoms. The summed E-state index contributed by atoms with van der Waals surface area (Å²) < 4.78 is 4.45. The van der Waals surface area contributed by atoms with Crippen LogP contribution in [0.25, 0.3) is 5.57 Å². The molecule has 0 aliphatic carbocycles. The second-order valence-electron chi connectivity index (χ2n) is 2.31. The lowest BCUT2D eigenvalue weighted by atomic mass is 10.2. The zero-order chi connectivity index (χ0) is 9.68. The zero-order valence-electron chi connectivity index (χ0n) is 7.07. The minimum Gasteiger partial charge on any atom is -0.469 e. The highest BCUT2D eigenvalue weighted by atomic mass is 32.1. The van der Waals surface area contributed by atoms with E-state index in [4.69, 9.17) is 0 Å². The summed E-state index contributed by atoms with van der Waals surface area (Å²) in [6, 6.07) is 3.59. The molecule has 0 unspecified atom stereocenters. The Morgan fingerprint density at radius 2 is 2.46 bits per heavy atom. The molecule has 68 valence electrons. The lowest BCUT2D eigenvalue weighted by molar-refractivity contribution is -0.139. The fraction of sp³-hybridized carbons (Fsp3) is 0.222. The van der Waals surface area contributed by atoms with Crippen LogP contribution in [0.2, 0.25) is 0 Å². The number of hydrogen-bond donors (Lipinski definition) is 0. The van der Waals surface area contributed by atoms with Gasteiger partial charge in [0.1, 0.15) is 5.94 Å². The summed E-state index contributed by atoms with van der Waals surface area (Å²) >= 11 is 1.40. The fourth-order valence-corrected chi connectivity index (χ4v) is 1.56. The van der Waals surface area contributed by atoms with E-state index in [9.17, 15) is 9.59 Å².